The summed E-state index contributed by atoms with van der Waals surface area (Å²) < 4.78 is 13.1. The molecule has 0 unspecified atom stereocenters. The van der Waals surface area contributed by atoms with Crippen molar-refractivity contribution in [2.45, 2.75) is 30.8 Å². The van der Waals surface area contributed by atoms with Crippen LogP contribution in [0.1, 0.15) is 19.4 Å². The Labute approximate surface area is 203 Å². The summed E-state index contributed by atoms with van der Waals surface area (Å²) in [5.41, 5.74) is 2.04. The molecule has 2 aromatic carbocycles. The van der Waals surface area contributed by atoms with Crippen molar-refractivity contribution in [3.63, 3.8) is 0 Å². The van der Waals surface area contributed by atoms with Crippen LogP contribution in [0.25, 0.3) is 11.4 Å². The Hall–Kier alpha value is -3.04. The third-order valence-corrected chi connectivity index (χ3v) is 7.36. The number of thioether (sulfide) groups is 1. The van der Waals surface area contributed by atoms with Crippen molar-refractivity contribution < 1.29 is 14.3 Å². The number of aromatic nitrogens is 3. The van der Waals surface area contributed by atoms with Crippen LogP contribution in [0.5, 0.6) is 11.5 Å². The number of carbonyl (C=O) groups excluding carboxylic acids is 1. The maximum Gasteiger partial charge on any atom is 0.235 e. The molecule has 1 atom stereocenters. The molecule has 3 aromatic rings. The Morgan fingerprint density at radius 3 is 2.56 bits per heavy atom. The van der Waals surface area contributed by atoms with E-state index in [1.54, 1.807) is 0 Å². The van der Waals surface area contributed by atoms with E-state index in [1.807, 2.05) is 60.4 Å². The van der Waals surface area contributed by atoms with E-state index in [9.17, 15) is 4.79 Å². The van der Waals surface area contributed by atoms with E-state index in [-0.39, 0.29) is 18.0 Å². The molecule has 0 saturated carbocycles. The first-order valence-electron chi connectivity index (χ1n) is 11.7. The van der Waals surface area contributed by atoms with E-state index in [4.69, 9.17) is 9.47 Å². The highest BCUT2D eigenvalue weighted by Gasteiger charge is 2.27. The van der Waals surface area contributed by atoms with Gasteiger partial charge in [-0.2, -0.15) is 0 Å². The Balaban J connectivity index is 1.38. The molecule has 0 spiro atoms. The second-order valence-corrected chi connectivity index (χ2v) is 9.77. The summed E-state index contributed by atoms with van der Waals surface area (Å²) in [5, 5.41) is 9.47. The van der Waals surface area contributed by atoms with E-state index < -0.39 is 0 Å². The van der Waals surface area contributed by atoms with Crippen molar-refractivity contribution in [2.75, 3.05) is 39.5 Å². The lowest BCUT2D eigenvalue weighted by atomic mass is 10.2. The van der Waals surface area contributed by atoms with Gasteiger partial charge in [0, 0.05) is 31.7 Å². The van der Waals surface area contributed by atoms with Crippen molar-refractivity contribution >= 4 is 17.7 Å². The number of hydrogen-bond acceptors (Lipinski definition) is 7. The van der Waals surface area contributed by atoms with Crippen LogP contribution in [0.15, 0.2) is 53.7 Å². The topological polar surface area (TPSA) is 72.7 Å². The third-order valence-electron chi connectivity index (χ3n) is 6.29. The van der Waals surface area contributed by atoms with Gasteiger partial charge >= 0.3 is 0 Å². The zero-order valence-electron chi connectivity index (χ0n) is 19.5. The molecule has 0 radical (unpaired) electrons. The van der Waals surface area contributed by atoms with Gasteiger partial charge in [-0.15, -0.1) is 10.2 Å². The van der Waals surface area contributed by atoms with Crippen LogP contribution in [0.2, 0.25) is 0 Å². The van der Waals surface area contributed by atoms with E-state index in [1.165, 1.54) is 11.8 Å². The fraction of sp³-hybridized carbons (Fsp3) is 0.400. The number of carbonyl (C=O) groups is 1. The molecule has 8 nitrogen and oxygen atoms in total. The van der Waals surface area contributed by atoms with Crippen LogP contribution in [0.4, 0.5) is 0 Å². The highest BCUT2D eigenvalue weighted by Crippen LogP contribution is 2.34. The molecular formula is C25H29N5O3S. The first kappa shape index (κ1) is 22.7. The van der Waals surface area contributed by atoms with Gasteiger partial charge in [-0.1, -0.05) is 55.1 Å². The number of likely N-dealkylation sites (N-methyl/N-ethyl adjacent to an activating group) is 1. The van der Waals surface area contributed by atoms with Gasteiger partial charge in [-0.3, -0.25) is 9.36 Å². The van der Waals surface area contributed by atoms with Gasteiger partial charge in [0.25, 0.3) is 0 Å². The average Bonchev–Trinajstić information content (AvgIpc) is 3.51. The molecule has 0 aliphatic carbocycles. The first-order chi connectivity index (χ1) is 16.6. The first-order valence-corrected chi connectivity index (χ1v) is 12.6. The van der Waals surface area contributed by atoms with Crippen molar-refractivity contribution in [3.05, 3.63) is 54.1 Å². The molecule has 34 heavy (non-hydrogen) atoms. The van der Waals surface area contributed by atoms with Crippen LogP contribution >= 0.6 is 11.8 Å². The Morgan fingerprint density at radius 2 is 1.79 bits per heavy atom. The van der Waals surface area contributed by atoms with Gasteiger partial charge < -0.3 is 19.3 Å². The molecule has 9 heteroatoms. The van der Waals surface area contributed by atoms with E-state index in [0.29, 0.717) is 6.54 Å². The molecule has 1 saturated heterocycles. The summed E-state index contributed by atoms with van der Waals surface area (Å²) in [5.74, 6) is 2.43. The van der Waals surface area contributed by atoms with Crippen LogP contribution in [0.3, 0.4) is 0 Å². The summed E-state index contributed by atoms with van der Waals surface area (Å²) in [7, 11) is 0. The summed E-state index contributed by atoms with van der Waals surface area (Å²) >= 11 is 1.47. The van der Waals surface area contributed by atoms with Crippen LogP contribution in [-0.4, -0.2) is 75.2 Å². The number of hydrogen-bond donors (Lipinski definition) is 0. The number of rotatable bonds is 7. The lowest BCUT2D eigenvalue weighted by Gasteiger charge is -2.35. The zero-order valence-corrected chi connectivity index (χ0v) is 20.3. The van der Waals surface area contributed by atoms with Gasteiger partial charge in [0.1, 0.15) is 0 Å². The molecule has 5 rings (SSSR count). The molecule has 0 bridgehead atoms. The third kappa shape index (κ3) is 4.76. The number of amides is 1. The van der Waals surface area contributed by atoms with Gasteiger partial charge in [0.05, 0.1) is 11.8 Å². The molecule has 1 amide bonds. The summed E-state index contributed by atoms with van der Waals surface area (Å²) in [4.78, 5) is 17.5. The number of benzene rings is 2. The Kier molecular flexibility index (Phi) is 6.73. The minimum absolute atomic E-state index is 0.152. The van der Waals surface area contributed by atoms with Gasteiger partial charge in [0.2, 0.25) is 12.7 Å². The Morgan fingerprint density at radius 1 is 1.03 bits per heavy atom. The fourth-order valence-corrected chi connectivity index (χ4v) is 5.22. The zero-order chi connectivity index (χ0) is 23.5. The number of nitrogens with zero attached hydrogens (tertiary/aromatic N) is 5. The maximum absolute atomic E-state index is 13.2. The molecule has 2 aliphatic heterocycles. The highest BCUT2D eigenvalue weighted by molar-refractivity contribution is 8.00. The van der Waals surface area contributed by atoms with Crippen molar-refractivity contribution in [1.29, 1.82) is 0 Å². The van der Waals surface area contributed by atoms with Gasteiger partial charge in [-0.25, -0.2) is 0 Å². The van der Waals surface area contributed by atoms with Gasteiger partial charge in [-0.05, 0) is 31.2 Å². The van der Waals surface area contributed by atoms with Crippen molar-refractivity contribution in [3.8, 4) is 22.9 Å². The number of ether oxygens (including phenoxy) is 2. The minimum Gasteiger partial charge on any atom is -0.454 e. The summed E-state index contributed by atoms with van der Waals surface area (Å²) in [6, 6.07) is 16.0. The largest absolute Gasteiger partial charge is 0.454 e. The monoisotopic (exact) mass is 479 g/mol. The molecule has 1 fully saturated rings. The van der Waals surface area contributed by atoms with Crippen LogP contribution < -0.4 is 9.47 Å². The highest BCUT2D eigenvalue weighted by atomic mass is 32.2. The van der Waals surface area contributed by atoms with Crippen molar-refractivity contribution in [1.82, 2.24) is 24.6 Å². The molecule has 2 aliphatic rings. The molecule has 0 N–H and O–H groups in total. The van der Waals surface area contributed by atoms with Crippen LogP contribution in [0, 0.1) is 0 Å². The van der Waals surface area contributed by atoms with E-state index >= 15 is 0 Å². The average molecular weight is 480 g/mol. The Bertz CT molecular complexity index is 1140. The predicted molar refractivity (Wildman–Crippen MR) is 131 cm³/mol. The lowest BCUT2D eigenvalue weighted by molar-refractivity contribution is -0.132. The minimum atomic E-state index is -0.253. The lowest BCUT2D eigenvalue weighted by Crippen LogP contribution is -2.50. The predicted octanol–water partition coefficient (Wildman–Crippen LogP) is 3.37. The second-order valence-electron chi connectivity index (χ2n) is 8.47. The molecule has 1 aromatic heterocycles. The van der Waals surface area contributed by atoms with E-state index in [2.05, 4.69) is 26.6 Å². The normalized spacial score (nSPS) is 16.6. The number of piperazine rings is 1. The fourth-order valence-electron chi connectivity index (χ4n) is 4.29. The second kappa shape index (κ2) is 10.1. The smallest absolute Gasteiger partial charge is 0.235 e. The maximum atomic E-state index is 13.2. The standard InChI is InChI=1S/C25H29N5O3S/c1-3-28-11-13-29(14-12-28)24(31)18(2)34-25-27-26-23(20-7-5-4-6-8-20)30(25)16-19-9-10-21-22(15-19)33-17-32-21/h4-10,15,18H,3,11-14,16-17H2,1-2H3/t18-/m1/s1. The molecule has 178 valence electrons. The molecular weight excluding hydrogens is 450 g/mol. The van der Waals surface area contributed by atoms with Gasteiger partial charge in [0.15, 0.2) is 22.5 Å². The number of fused-ring (bicyclic) bond motifs is 1. The molecule has 3 heterocycles. The summed E-state index contributed by atoms with van der Waals surface area (Å²) in [6.07, 6.45) is 0. The van der Waals surface area contributed by atoms with E-state index in [0.717, 1.165) is 66.3 Å². The SMILES string of the molecule is CCN1CCN(C(=O)[C@@H](C)Sc2nnc(-c3ccccc3)n2Cc2ccc3c(c2)OCO3)CC1. The summed E-state index contributed by atoms with van der Waals surface area (Å²) in [6.45, 7) is 9.36. The van der Waals surface area contributed by atoms with Crippen LogP contribution in [-0.2, 0) is 11.3 Å². The quantitative estimate of drug-likeness (QED) is 0.481. The van der Waals surface area contributed by atoms with Crippen molar-refractivity contribution in [2.24, 2.45) is 0 Å².